The van der Waals surface area contributed by atoms with Crippen LogP contribution in [-0.4, -0.2) is 30.6 Å². The molecule has 1 aromatic carbocycles. The second kappa shape index (κ2) is 5.61. The van der Waals surface area contributed by atoms with E-state index in [1.54, 1.807) is 6.07 Å². The van der Waals surface area contributed by atoms with E-state index < -0.39 is 11.9 Å². The molecule has 1 aromatic rings. The molecule has 0 spiro atoms. The van der Waals surface area contributed by atoms with Crippen molar-refractivity contribution in [3.63, 3.8) is 0 Å². The Balaban J connectivity index is 1.35. The van der Waals surface area contributed by atoms with Gasteiger partial charge in [-0.1, -0.05) is 18.2 Å². The first-order valence-electron chi connectivity index (χ1n) is 8.27. The van der Waals surface area contributed by atoms with E-state index in [2.05, 4.69) is 5.32 Å². The molecule has 0 aromatic heterocycles. The van der Waals surface area contributed by atoms with Crippen molar-refractivity contribution < 1.29 is 23.9 Å². The number of esters is 2. The molecule has 0 unspecified atom stereocenters. The second-order valence-electron chi connectivity index (χ2n) is 6.89. The van der Waals surface area contributed by atoms with E-state index in [-0.39, 0.29) is 42.3 Å². The van der Waals surface area contributed by atoms with Crippen molar-refractivity contribution in [2.75, 3.05) is 11.9 Å². The number of para-hydroxylation sites is 1. The standard InChI is InChI=1S/C18H19NO5/c1-9-4-2-3-5-12(9)19-14(20)8-23-17(21)15-10-6-11-13(7-10)24-18(22)16(11)15/h2-5,10-11,13,15-16H,6-8H2,1H3,(H,19,20)/t10-,11+,13-,15-,16-/m1/s1. The van der Waals surface area contributed by atoms with Crippen LogP contribution in [0.4, 0.5) is 5.69 Å². The van der Waals surface area contributed by atoms with Crippen LogP contribution < -0.4 is 5.32 Å². The van der Waals surface area contributed by atoms with Crippen LogP contribution in [0.5, 0.6) is 0 Å². The summed E-state index contributed by atoms with van der Waals surface area (Å²) in [7, 11) is 0. The Labute approximate surface area is 139 Å². The second-order valence-corrected chi connectivity index (χ2v) is 6.89. The van der Waals surface area contributed by atoms with E-state index in [1.807, 2.05) is 25.1 Å². The first-order valence-corrected chi connectivity index (χ1v) is 8.27. The number of carbonyl (C=O) groups is 3. The summed E-state index contributed by atoms with van der Waals surface area (Å²) in [5.41, 5.74) is 1.63. The minimum Gasteiger partial charge on any atom is -0.462 e. The van der Waals surface area contributed by atoms with E-state index >= 15 is 0 Å². The average Bonchev–Trinajstić information content (AvgIpc) is 3.16. The average molecular weight is 329 g/mol. The van der Waals surface area contributed by atoms with E-state index in [4.69, 9.17) is 9.47 Å². The summed E-state index contributed by atoms with van der Waals surface area (Å²) < 4.78 is 10.5. The molecule has 1 aliphatic heterocycles. The lowest BCUT2D eigenvalue weighted by atomic mass is 9.80. The molecule has 3 fully saturated rings. The Morgan fingerprint density at radius 1 is 1.29 bits per heavy atom. The first kappa shape index (κ1) is 15.2. The summed E-state index contributed by atoms with van der Waals surface area (Å²) in [4.78, 5) is 36.3. The Morgan fingerprint density at radius 3 is 2.88 bits per heavy atom. The van der Waals surface area contributed by atoms with Crippen molar-refractivity contribution >= 4 is 23.5 Å². The number of nitrogens with one attached hydrogen (secondary N) is 1. The van der Waals surface area contributed by atoms with Crippen LogP contribution in [0, 0.1) is 30.6 Å². The predicted molar refractivity (Wildman–Crippen MR) is 83.8 cm³/mol. The van der Waals surface area contributed by atoms with Gasteiger partial charge in [-0.2, -0.15) is 0 Å². The van der Waals surface area contributed by atoms with Crippen LogP contribution in [0.15, 0.2) is 24.3 Å². The van der Waals surface area contributed by atoms with Gasteiger partial charge in [-0.05, 0) is 37.3 Å². The van der Waals surface area contributed by atoms with Gasteiger partial charge in [-0.25, -0.2) is 0 Å². The van der Waals surface area contributed by atoms with Gasteiger partial charge in [-0.15, -0.1) is 0 Å². The highest BCUT2D eigenvalue weighted by atomic mass is 16.6. The van der Waals surface area contributed by atoms with Gasteiger partial charge in [0, 0.05) is 11.6 Å². The molecule has 24 heavy (non-hydrogen) atoms. The zero-order valence-electron chi connectivity index (χ0n) is 13.4. The van der Waals surface area contributed by atoms with Crippen molar-refractivity contribution in [3.05, 3.63) is 29.8 Å². The minimum absolute atomic E-state index is 0.0131. The summed E-state index contributed by atoms with van der Waals surface area (Å²) in [6.07, 6.45) is 1.57. The fraction of sp³-hybridized carbons (Fsp3) is 0.500. The number of rotatable bonds is 4. The molecule has 6 nitrogen and oxygen atoms in total. The third kappa shape index (κ3) is 2.37. The Kier molecular flexibility index (Phi) is 3.55. The Morgan fingerprint density at radius 2 is 2.08 bits per heavy atom. The van der Waals surface area contributed by atoms with Gasteiger partial charge in [0.05, 0.1) is 11.8 Å². The van der Waals surface area contributed by atoms with Crippen LogP contribution in [0.3, 0.4) is 0 Å². The maximum absolute atomic E-state index is 12.4. The molecule has 126 valence electrons. The summed E-state index contributed by atoms with van der Waals surface area (Å²) in [6.45, 7) is 1.55. The van der Waals surface area contributed by atoms with Gasteiger partial charge in [0.2, 0.25) is 0 Å². The van der Waals surface area contributed by atoms with Crippen LogP contribution in [0.1, 0.15) is 18.4 Å². The molecule has 5 atom stereocenters. The molecule has 2 saturated carbocycles. The monoisotopic (exact) mass is 329 g/mol. The maximum Gasteiger partial charge on any atom is 0.310 e. The van der Waals surface area contributed by atoms with Gasteiger partial charge in [0.25, 0.3) is 5.91 Å². The van der Waals surface area contributed by atoms with Crippen molar-refractivity contribution in [3.8, 4) is 0 Å². The summed E-state index contributed by atoms with van der Waals surface area (Å²) >= 11 is 0. The van der Waals surface area contributed by atoms with Crippen LogP contribution in [0.25, 0.3) is 0 Å². The molecular formula is C18H19NO5. The highest BCUT2D eigenvalue weighted by Crippen LogP contribution is 2.57. The lowest BCUT2D eigenvalue weighted by Crippen LogP contribution is -2.35. The molecule has 4 rings (SSSR count). The van der Waals surface area contributed by atoms with Gasteiger partial charge in [0.1, 0.15) is 6.10 Å². The number of aryl methyl sites for hydroxylation is 1. The third-order valence-corrected chi connectivity index (χ3v) is 5.52. The van der Waals surface area contributed by atoms with Gasteiger partial charge >= 0.3 is 11.9 Å². The topological polar surface area (TPSA) is 81.7 Å². The number of amides is 1. The van der Waals surface area contributed by atoms with Crippen LogP contribution in [0.2, 0.25) is 0 Å². The number of anilines is 1. The molecule has 2 bridgehead atoms. The Hall–Kier alpha value is -2.37. The Bertz CT molecular complexity index is 713. The van der Waals surface area contributed by atoms with Crippen molar-refractivity contribution in [2.45, 2.75) is 25.9 Å². The third-order valence-electron chi connectivity index (χ3n) is 5.52. The number of hydrogen-bond acceptors (Lipinski definition) is 5. The number of carbonyl (C=O) groups excluding carboxylic acids is 3. The van der Waals surface area contributed by atoms with Crippen molar-refractivity contribution in [2.24, 2.45) is 23.7 Å². The van der Waals surface area contributed by atoms with Gasteiger partial charge in [0.15, 0.2) is 6.61 Å². The SMILES string of the molecule is Cc1ccccc1NC(=O)COC(=O)[C@@H]1[C@@H]2C[C@@H]3[C@H]1C(=O)O[C@@H]3C2. The zero-order valence-corrected chi connectivity index (χ0v) is 13.4. The van der Waals surface area contributed by atoms with Crippen LogP contribution in [-0.2, 0) is 23.9 Å². The van der Waals surface area contributed by atoms with E-state index in [0.29, 0.717) is 5.69 Å². The fourth-order valence-corrected chi connectivity index (χ4v) is 4.46. The molecular weight excluding hydrogens is 310 g/mol. The quantitative estimate of drug-likeness (QED) is 0.850. The largest absolute Gasteiger partial charge is 0.462 e. The molecule has 0 radical (unpaired) electrons. The molecule has 6 heteroatoms. The van der Waals surface area contributed by atoms with Gasteiger partial charge in [-0.3, -0.25) is 14.4 Å². The molecule has 1 N–H and O–H groups in total. The van der Waals surface area contributed by atoms with Crippen molar-refractivity contribution in [1.82, 2.24) is 0 Å². The minimum atomic E-state index is -0.454. The predicted octanol–water partition coefficient (Wildman–Crippen LogP) is 1.67. The summed E-state index contributed by atoms with van der Waals surface area (Å²) in [6, 6.07) is 7.39. The number of ether oxygens (including phenoxy) is 2. The van der Waals surface area contributed by atoms with E-state index in [1.165, 1.54) is 0 Å². The molecule has 2 aliphatic carbocycles. The molecule has 1 saturated heterocycles. The number of benzene rings is 1. The lowest BCUT2D eigenvalue weighted by molar-refractivity contribution is -0.157. The number of hydrogen-bond donors (Lipinski definition) is 1. The molecule has 3 aliphatic rings. The number of fused-ring (bicyclic) bond motifs is 1. The highest BCUT2D eigenvalue weighted by Gasteiger charge is 2.64. The van der Waals surface area contributed by atoms with Crippen molar-refractivity contribution in [1.29, 1.82) is 0 Å². The van der Waals surface area contributed by atoms with E-state index in [9.17, 15) is 14.4 Å². The maximum atomic E-state index is 12.4. The van der Waals surface area contributed by atoms with Gasteiger partial charge < -0.3 is 14.8 Å². The van der Waals surface area contributed by atoms with Crippen LogP contribution >= 0.6 is 0 Å². The normalized spacial score (nSPS) is 32.5. The fourth-order valence-electron chi connectivity index (χ4n) is 4.46. The molecule has 1 heterocycles. The molecule has 1 amide bonds. The zero-order chi connectivity index (χ0) is 16.8. The summed E-state index contributed by atoms with van der Waals surface area (Å²) in [5.74, 6) is -1.65. The first-order chi connectivity index (χ1) is 11.5. The lowest BCUT2D eigenvalue weighted by Gasteiger charge is -2.22. The summed E-state index contributed by atoms with van der Waals surface area (Å²) in [5, 5.41) is 2.72. The highest BCUT2D eigenvalue weighted by molar-refractivity contribution is 5.94. The van der Waals surface area contributed by atoms with E-state index in [0.717, 1.165) is 18.4 Å². The smallest absolute Gasteiger partial charge is 0.310 e.